The lowest BCUT2D eigenvalue weighted by atomic mass is 10.1. The van der Waals surface area contributed by atoms with Crippen molar-refractivity contribution in [2.75, 3.05) is 6.61 Å². The molecule has 0 fully saturated rings. The van der Waals surface area contributed by atoms with Crippen LogP contribution in [0.4, 0.5) is 0 Å². The molecule has 78 valence electrons. The molecular weight excluding hydrogens is 180 g/mol. The second kappa shape index (κ2) is 4.11. The molecule has 4 heteroatoms. The second-order valence-corrected chi connectivity index (χ2v) is 3.74. The molecule has 1 aromatic heterocycles. The number of rotatable bonds is 3. The summed E-state index contributed by atoms with van der Waals surface area (Å²) in [6.45, 7) is 0.179. The number of imidazole rings is 1. The lowest BCUT2D eigenvalue weighted by molar-refractivity contribution is 0.0755. The number of aromatic nitrogens is 2. The van der Waals surface area contributed by atoms with Gasteiger partial charge in [0.1, 0.15) is 12.1 Å². The van der Waals surface area contributed by atoms with Crippen LogP contribution < -0.4 is 0 Å². The molecule has 1 atom stereocenters. The zero-order valence-corrected chi connectivity index (χ0v) is 8.19. The first kappa shape index (κ1) is 9.68. The van der Waals surface area contributed by atoms with Crippen molar-refractivity contribution >= 4 is 0 Å². The summed E-state index contributed by atoms with van der Waals surface area (Å²) in [5.41, 5.74) is 1.12. The third-order valence-electron chi connectivity index (χ3n) is 2.70. The van der Waals surface area contributed by atoms with Crippen molar-refractivity contribution in [3.8, 4) is 0 Å². The summed E-state index contributed by atoms with van der Waals surface area (Å²) in [7, 11) is 0. The average molecular weight is 196 g/mol. The quantitative estimate of drug-likeness (QED) is 0.745. The minimum atomic E-state index is -0.407. The van der Waals surface area contributed by atoms with E-state index in [0.29, 0.717) is 6.42 Å². The first-order chi connectivity index (χ1) is 6.83. The number of fused-ring (bicyclic) bond motifs is 1. The van der Waals surface area contributed by atoms with Gasteiger partial charge in [0.15, 0.2) is 0 Å². The fourth-order valence-corrected chi connectivity index (χ4v) is 2.00. The Morgan fingerprint density at radius 1 is 1.57 bits per heavy atom. The number of aliphatic hydroxyl groups is 2. The fraction of sp³-hybridized carbons (Fsp3) is 0.700. The van der Waals surface area contributed by atoms with Crippen LogP contribution in [-0.2, 0) is 12.8 Å². The minimum Gasteiger partial charge on any atom is -0.396 e. The van der Waals surface area contributed by atoms with E-state index in [4.69, 9.17) is 5.11 Å². The summed E-state index contributed by atoms with van der Waals surface area (Å²) in [5.74, 6) is 0.904. The Bertz CT molecular complexity index is 309. The Balaban J connectivity index is 2.20. The summed E-state index contributed by atoms with van der Waals surface area (Å²) in [4.78, 5) is 4.28. The highest BCUT2D eigenvalue weighted by molar-refractivity contribution is 5.09. The molecule has 0 bridgehead atoms. The van der Waals surface area contributed by atoms with Gasteiger partial charge in [-0.15, -0.1) is 0 Å². The minimum absolute atomic E-state index is 0.179. The van der Waals surface area contributed by atoms with E-state index in [2.05, 4.69) is 4.98 Å². The molecule has 2 rings (SSSR count). The molecule has 1 aromatic rings. The molecule has 0 saturated heterocycles. The molecule has 0 radical (unpaired) electrons. The second-order valence-electron chi connectivity index (χ2n) is 3.74. The van der Waals surface area contributed by atoms with Gasteiger partial charge in [0.2, 0.25) is 0 Å². The topological polar surface area (TPSA) is 58.3 Å². The van der Waals surface area contributed by atoms with E-state index in [1.165, 1.54) is 0 Å². The van der Waals surface area contributed by atoms with Crippen LogP contribution in [0.25, 0.3) is 0 Å². The van der Waals surface area contributed by atoms with Gasteiger partial charge in [-0.25, -0.2) is 4.98 Å². The van der Waals surface area contributed by atoms with Crippen molar-refractivity contribution in [3.63, 3.8) is 0 Å². The molecule has 0 aliphatic carbocycles. The van der Waals surface area contributed by atoms with Crippen molar-refractivity contribution in [1.82, 2.24) is 9.55 Å². The molecule has 1 aliphatic heterocycles. The van der Waals surface area contributed by atoms with E-state index < -0.39 is 6.23 Å². The van der Waals surface area contributed by atoms with Crippen LogP contribution in [0.3, 0.4) is 0 Å². The Hall–Kier alpha value is -0.870. The van der Waals surface area contributed by atoms with E-state index in [9.17, 15) is 5.11 Å². The summed E-state index contributed by atoms with van der Waals surface area (Å²) in [6.07, 6.45) is 5.74. The molecule has 14 heavy (non-hydrogen) atoms. The molecule has 0 amide bonds. The smallest absolute Gasteiger partial charge is 0.132 e. The monoisotopic (exact) mass is 196 g/mol. The number of hydrogen-bond acceptors (Lipinski definition) is 3. The van der Waals surface area contributed by atoms with Gasteiger partial charge in [0, 0.05) is 24.9 Å². The van der Waals surface area contributed by atoms with Gasteiger partial charge in [0.25, 0.3) is 0 Å². The van der Waals surface area contributed by atoms with E-state index in [0.717, 1.165) is 37.2 Å². The predicted octanol–water partition coefficient (Wildman–Crippen LogP) is 0.635. The van der Waals surface area contributed by atoms with Crippen LogP contribution in [0.15, 0.2) is 6.20 Å². The van der Waals surface area contributed by atoms with Gasteiger partial charge in [-0.1, -0.05) is 0 Å². The van der Waals surface area contributed by atoms with Crippen LogP contribution >= 0.6 is 0 Å². The van der Waals surface area contributed by atoms with E-state index >= 15 is 0 Å². The van der Waals surface area contributed by atoms with Crippen molar-refractivity contribution < 1.29 is 10.2 Å². The Labute approximate surface area is 83.2 Å². The summed E-state index contributed by atoms with van der Waals surface area (Å²) in [5, 5.41) is 18.5. The van der Waals surface area contributed by atoms with E-state index in [1.807, 2.05) is 10.8 Å². The lowest BCUT2D eigenvalue weighted by Gasteiger charge is -2.22. The molecule has 1 aliphatic rings. The first-order valence-electron chi connectivity index (χ1n) is 5.17. The maximum Gasteiger partial charge on any atom is 0.132 e. The standard InChI is InChI=1S/C10H16N2O2/c13-6-2-4-9-11-7-8-3-1-5-10(14)12(8)9/h7,10,13-14H,1-6H2. The highest BCUT2D eigenvalue weighted by Gasteiger charge is 2.20. The molecular formula is C10H16N2O2. The maximum absolute atomic E-state index is 9.79. The largest absolute Gasteiger partial charge is 0.396 e. The lowest BCUT2D eigenvalue weighted by Crippen LogP contribution is -2.19. The molecule has 2 N–H and O–H groups in total. The Morgan fingerprint density at radius 3 is 3.21 bits per heavy atom. The van der Waals surface area contributed by atoms with Gasteiger partial charge in [0.05, 0.1) is 0 Å². The molecule has 0 spiro atoms. The van der Waals surface area contributed by atoms with Crippen LogP contribution in [0.5, 0.6) is 0 Å². The van der Waals surface area contributed by atoms with E-state index in [1.54, 1.807) is 0 Å². The molecule has 1 unspecified atom stereocenters. The summed E-state index contributed by atoms with van der Waals surface area (Å²) in [6, 6.07) is 0. The molecule has 2 heterocycles. The van der Waals surface area contributed by atoms with Gasteiger partial charge < -0.3 is 14.8 Å². The van der Waals surface area contributed by atoms with E-state index in [-0.39, 0.29) is 6.61 Å². The molecule has 0 aromatic carbocycles. The normalized spacial score (nSPS) is 20.9. The van der Waals surface area contributed by atoms with Crippen molar-refractivity contribution in [3.05, 3.63) is 17.7 Å². The summed E-state index contributed by atoms with van der Waals surface area (Å²) >= 11 is 0. The molecule has 4 nitrogen and oxygen atoms in total. The SMILES string of the molecule is OCCCc1ncc2n1C(O)CCC2. The van der Waals surface area contributed by atoms with Crippen LogP contribution in [0, 0.1) is 0 Å². The van der Waals surface area contributed by atoms with Crippen molar-refractivity contribution in [1.29, 1.82) is 0 Å². The molecule has 0 saturated carbocycles. The van der Waals surface area contributed by atoms with Gasteiger partial charge >= 0.3 is 0 Å². The third kappa shape index (κ3) is 1.67. The zero-order chi connectivity index (χ0) is 9.97. The predicted molar refractivity (Wildman–Crippen MR) is 51.8 cm³/mol. The summed E-state index contributed by atoms with van der Waals surface area (Å²) < 4.78 is 1.92. The Morgan fingerprint density at radius 2 is 2.43 bits per heavy atom. The number of aliphatic hydroxyl groups excluding tert-OH is 2. The van der Waals surface area contributed by atoms with Gasteiger partial charge in [-0.3, -0.25) is 0 Å². The number of nitrogens with zero attached hydrogens (tertiary/aromatic N) is 2. The van der Waals surface area contributed by atoms with Gasteiger partial charge in [-0.05, 0) is 25.7 Å². The van der Waals surface area contributed by atoms with Crippen molar-refractivity contribution in [2.45, 2.75) is 38.3 Å². The zero-order valence-electron chi connectivity index (χ0n) is 8.19. The highest BCUT2D eigenvalue weighted by atomic mass is 16.3. The van der Waals surface area contributed by atoms with Gasteiger partial charge in [-0.2, -0.15) is 0 Å². The van der Waals surface area contributed by atoms with Crippen LogP contribution in [0.1, 0.15) is 37.0 Å². The van der Waals surface area contributed by atoms with Crippen molar-refractivity contribution in [2.24, 2.45) is 0 Å². The average Bonchev–Trinajstić information content (AvgIpc) is 2.59. The van der Waals surface area contributed by atoms with Crippen LogP contribution in [0.2, 0.25) is 0 Å². The maximum atomic E-state index is 9.79. The fourth-order valence-electron chi connectivity index (χ4n) is 2.00. The first-order valence-corrected chi connectivity index (χ1v) is 5.17. The Kier molecular flexibility index (Phi) is 2.84. The number of aryl methyl sites for hydroxylation is 2. The highest BCUT2D eigenvalue weighted by Crippen LogP contribution is 2.24. The van der Waals surface area contributed by atoms with Crippen LogP contribution in [-0.4, -0.2) is 26.4 Å². The number of hydrogen-bond donors (Lipinski definition) is 2. The third-order valence-corrected chi connectivity index (χ3v) is 2.70.